The van der Waals surface area contributed by atoms with Crippen LogP contribution in [-0.4, -0.2) is 121 Å². The topological polar surface area (TPSA) is 207 Å². The number of rotatable bonds is 14. The minimum Gasteiger partial charge on any atom is -0.489 e. The van der Waals surface area contributed by atoms with Crippen molar-refractivity contribution >= 4 is 107 Å². The lowest BCUT2D eigenvalue weighted by Gasteiger charge is -2.50. The lowest BCUT2D eigenvalue weighted by molar-refractivity contribution is -0.154. The first-order valence-electron chi connectivity index (χ1n) is 24.9. The Bertz CT molecular complexity index is 4040. The first-order valence-corrected chi connectivity index (χ1v) is 29.7. The number of ether oxygens (including phenoxy) is 1. The molecule has 0 unspecified atom stereocenters. The highest BCUT2D eigenvalue weighted by atomic mass is 35.5. The maximum absolute atomic E-state index is 14.9. The fraction of sp³-hybridized carbons (Fsp3) is 0.246. The fourth-order valence-corrected chi connectivity index (χ4v) is 16.2. The Morgan fingerprint density at radius 2 is 1.59 bits per heavy atom. The number of sulfone groups is 1. The van der Waals surface area contributed by atoms with Crippen molar-refractivity contribution < 1.29 is 50.3 Å². The number of nitrogens with one attached hydrogen (secondary N) is 1. The van der Waals surface area contributed by atoms with Crippen molar-refractivity contribution in [2.45, 2.75) is 59.3 Å². The second kappa shape index (κ2) is 20.2. The zero-order valence-corrected chi connectivity index (χ0v) is 47.0. The molecule has 5 aromatic carbocycles. The monoisotopic (exact) mass is 1160 g/mol. The van der Waals surface area contributed by atoms with Crippen LogP contribution in [0, 0.1) is 0 Å². The van der Waals surface area contributed by atoms with E-state index in [4.69, 9.17) is 32.4 Å². The average Bonchev–Trinajstić information content (AvgIpc) is 2.93. The van der Waals surface area contributed by atoms with Gasteiger partial charge in [0, 0.05) is 77.9 Å². The normalized spacial score (nSPS) is 20.6. The second-order valence-corrected chi connectivity index (χ2v) is 26.8. The van der Waals surface area contributed by atoms with E-state index in [1.807, 2.05) is 108 Å². The van der Waals surface area contributed by atoms with E-state index in [0.29, 0.717) is 60.4 Å². The molecule has 0 spiro atoms. The van der Waals surface area contributed by atoms with Gasteiger partial charge in [0.15, 0.2) is 9.84 Å². The van der Waals surface area contributed by atoms with Crippen LogP contribution in [0.15, 0.2) is 154 Å². The predicted molar refractivity (Wildman–Crippen MR) is 302 cm³/mol. The summed E-state index contributed by atoms with van der Waals surface area (Å²) >= 11 is 14.5. The zero-order valence-electron chi connectivity index (χ0n) is 43.1. The van der Waals surface area contributed by atoms with E-state index in [1.165, 1.54) is 37.0 Å². The van der Waals surface area contributed by atoms with E-state index >= 15 is 0 Å². The Hall–Kier alpha value is -7.20. The van der Waals surface area contributed by atoms with E-state index in [0.717, 1.165) is 32.2 Å². The minimum absolute atomic E-state index is 0.0257. The standard InChI is InChI=1S/C57H50Cl2N6O11S3/c1-57(2)52(64-47(66)28-48(64)78(57,71)72)53(67)60-50-54(68)65-51(56(69)70)33(31-77-55(50)65)30-75-36-22-18-32(19-23-36)29-61(3)79(73,74)46-17-11-6-12-39(46)49-37-24-20-34(62(4)42-15-9-7-13-40(42)58)26-44(37)76-45-27-35(21-25-38(45)49)63(5)43-16-10-8-14-41(43)59/h6-27,48,50,52,55H,28-31H2,1-5H3,(H-,60,67,69,70)/p+1/t48-,50-,52+,55-/m1/s1. The highest BCUT2D eigenvalue weighted by Crippen LogP contribution is 2.48. The number of hydrogen-bond donors (Lipinski definition) is 2. The van der Waals surface area contributed by atoms with E-state index in [2.05, 4.69) is 5.32 Å². The molecule has 2 N–H and O–H groups in total. The van der Waals surface area contributed by atoms with Crippen LogP contribution < -0.4 is 24.9 Å². The average molecular weight is 1160 g/mol. The molecule has 3 amide bonds. The number of carboxylic acid groups (broad SMARTS) is 1. The number of β-lactam (4-membered cyclic amide) rings is 2. The molecule has 406 valence electrons. The molecule has 0 aromatic heterocycles. The summed E-state index contributed by atoms with van der Waals surface area (Å²) in [4.78, 5) is 56.4. The molecule has 0 radical (unpaired) electrons. The smallest absolute Gasteiger partial charge is 0.352 e. The van der Waals surface area contributed by atoms with Crippen LogP contribution in [0.3, 0.4) is 0 Å². The number of fused-ring (bicyclic) bond motifs is 4. The third-order valence-electron chi connectivity index (χ3n) is 15.2. The number of para-hydroxylation sites is 2. The molecule has 17 nitrogen and oxygen atoms in total. The van der Waals surface area contributed by atoms with Gasteiger partial charge < -0.3 is 29.4 Å². The number of carbonyl (C=O) groups excluding carboxylic acids is 3. The lowest BCUT2D eigenvalue weighted by atomic mass is 9.93. The van der Waals surface area contributed by atoms with Crippen LogP contribution in [0.5, 0.6) is 5.75 Å². The first-order chi connectivity index (χ1) is 37.6. The van der Waals surface area contributed by atoms with Gasteiger partial charge in [-0.1, -0.05) is 77.8 Å². The number of carbonyl (C=O) groups is 4. The summed E-state index contributed by atoms with van der Waals surface area (Å²) in [5.41, 5.74) is 5.28. The summed E-state index contributed by atoms with van der Waals surface area (Å²) in [6, 6.07) is 37.6. The maximum Gasteiger partial charge on any atom is 0.352 e. The maximum atomic E-state index is 14.9. The zero-order chi connectivity index (χ0) is 56.0. The van der Waals surface area contributed by atoms with Crippen LogP contribution >= 0.6 is 35.0 Å². The lowest BCUT2D eigenvalue weighted by Crippen LogP contribution is -2.72. The van der Waals surface area contributed by atoms with Gasteiger partial charge in [-0.2, -0.15) is 8.88 Å². The predicted octanol–water partition coefficient (Wildman–Crippen LogP) is 8.09. The molecule has 1 aliphatic carbocycles. The van der Waals surface area contributed by atoms with E-state index in [9.17, 15) is 41.1 Å². The third kappa shape index (κ3) is 9.02. The number of halogens is 2. The van der Waals surface area contributed by atoms with E-state index in [-0.39, 0.29) is 35.9 Å². The number of sulfonamides is 1. The molecular formula is C57H51Cl2N6O11S3+. The van der Waals surface area contributed by atoms with Gasteiger partial charge in [-0.05, 0) is 74.0 Å². The molecule has 3 fully saturated rings. The van der Waals surface area contributed by atoms with Crippen LogP contribution in [-0.2, 0) is 45.6 Å². The van der Waals surface area contributed by atoms with Crippen molar-refractivity contribution in [2.75, 3.05) is 38.4 Å². The molecule has 3 saturated heterocycles. The molecule has 6 aliphatic rings. The number of aliphatic carboxylic acids is 1. The van der Waals surface area contributed by atoms with Crippen LogP contribution in [0.2, 0.25) is 10.0 Å². The van der Waals surface area contributed by atoms with Crippen molar-refractivity contribution in [3.8, 4) is 28.2 Å². The molecule has 22 heteroatoms. The highest BCUT2D eigenvalue weighted by molar-refractivity contribution is 8.00. The Balaban J connectivity index is 0.832. The van der Waals surface area contributed by atoms with Crippen molar-refractivity contribution in [1.82, 2.24) is 24.0 Å². The molecule has 5 heterocycles. The Morgan fingerprint density at radius 3 is 2.30 bits per heavy atom. The van der Waals surface area contributed by atoms with Gasteiger partial charge in [-0.25, -0.2) is 21.6 Å². The van der Waals surface area contributed by atoms with Crippen molar-refractivity contribution in [3.05, 3.63) is 166 Å². The molecule has 5 aliphatic heterocycles. The quantitative estimate of drug-likeness (QED) is 0.0601. The second-order valence-electron chi connectivity index (χ2n) is 20.2. The van der Waals surface area contributed by atoms with Crippen LogP contribution in [0.1, 0.15) is 25.8 Å². The third-order valence-corrected chi connectivity index (χ3v) is 21.9. The molecule has 11 rings (SSSR count). The number of carboxylic acids is 1. The van der Waals surface area contributed by atoms with Gasteiger partial charge in [-0.3, -0.25) is 19.3 Å². The molecule has 0 bridgehead atoms. The van der Waals surface area contributed by atoms with Gasteiger partial charge in [0.1, 0.15) is 64.3 Å². The molecule has 0 saturated carbocycles. The number of amides is 3. The van der Waals surface area contributed by atoms with Crippen LogP contribution in [0.4, 0.5) is 17.1 Å². The summed E-state index contributed by atoms with van der Waals surface area (Å²) in [5, 5.41) is 13.6. The van der Waals surface area contributed by atoms with Gasteiger partial charge in [-0.15, -0.1) is 11.8 Å². The van der Waals surface area contributed by atoms with Crippen molar-refractivity contribution in [1.29, 1.82) is 0 Å². The van der Waals surface area contributed by atoms with E-state index < -0.39 is 71.1 Å². The Kier molecular flexibility index (Phi) is 13.7. The Labute approximate surface area is 469 Å². The Morgan fingerprint density at radius 1 is 0.899 bits per heavy atom. The summed E-state index contributed by atoms with van der Waals surface area (Å²) in [6.07, 6.45) is -0.214. The first kappa shape index (κ1) is 53.8. The van der Waals surface area contributed by atoms with Gasteiger partial charge in [0.25, 0.3) is 5.91 Å². The molecule has 79 heavy (non-hydrogen) atoms. The van der Waals surface area contributed by atoms with Gasteiger partial charge in [0.2, 0.25) is 32.9 Å². The molecule has 4 atom stereocenters. The van der Waals surface area contributed by atoms with Crippen molar-refractivity contribution in [3.63, 3.8) is 0 Å². The summed E-state index contributed by atoms with van der Waals surface area (Å²) in [6.45, 7) is 2.53. The van der Waals surface area contributed by atoms with Gasteiger partial charge in [0.05, 0.1) is 32.8 Å². The largest absolute Gasteiger partial charge is 0.489 e. The van der Waals surface area contributed by atoms with Crippen molar-refractivity contribution in [2.24, 2.45) is 0 Å². The number of hydrogen-bond acceptors (Lipinski definition) is 12. The number of benzene rings is 6. The fourth-order valence-electron chi connectivity index (χ4n) is 10.9. The summed E-state index contributed by atoms with van der Waals surface area (Å²) < 4.78 is 70.4. The number of nitrogens with zero attached hydrogens (tertiary/aromatic N) is 5. The summed E-state index contributed by atoms with van der Waals surface area (Å²) in [7, 11) is -2.75. The summed E-state index contributed by atoms with van der Waals surface area (Å²) in [5.74, 6) is -2.36. The van der Waals surface area contributed by atoms with Crippen LogP contribution in [0.25, 0.3) is 33.4 Å². The van der Waals surface area contributed by atoms with Gasteiger partial charge >= 0.3 is 5.97 Å². The number of anilines is 2. The molecular weight excluding hydrogens is 1110 g/mol. The van der Waals surface area contributed by atoms with E-state index in [1.54, 1.807) is 48.5 Å². The highest BCUT2D eigenvalue weighted by Gasteiger charge is 2.68. The SMILES string of the molecule is CN(c1ccc2c(-c3ccccc3S(=O)(=O)N(C)Cc3ccc(OCC4=C(C(=O)O)N5C(=O)[C@@H](NC(=O)[C@@H]6N7C(=O)C[C@H]7S(=O)(=O)C6(C)C)[C@H]5SC4)cc3)c3ccc(=[N+](C)c4ccccc4Cl)cc-3oc2c1)c1ccccc1Cl. The number of thioether (sulfide) groups is 1. The minimum atomic E-state index is -4.20. The molecule has 5 aromatic rings.